The highest BCUT2D eigenvalue weighted by Gasteiger charge is 2.39. The lowest BCUT2D eigenvalue weighted by Gasteiger charge is -2.35. The van der Waals surface area contributed by atoms with Gasteiger partial charge in [0.2, 0.25) is 0 Å². The number of nitrogens with zero attached hydrogens (tertiary/aromatic N) is 1. The molecule has 64 valence electrons. The quantitative estimate of drug-likeness (QED) is 0.610. The molecule has 0 aromatic carbocycles. The molecule has 1 aromatic rings. The molecule has 2 rings (SSSR count). The lowest BCUT2D eigenvalue weighted by atomic mass is 9.97. The van der Waals surface area contributed by atoms with Crippen LogP contribution in [0.1, 0.15) is 5.69 Å². The summed E-state index contributed by atoms with van der Waals surface area (Å²) < 4.78 is 4.90. The molecule has 0 atom stereocenters. The molecule has 4 nitrogen and oxygen atoms in total. The average molecular weight is 166 g/mol. The highest BCUT2D eigenvalue weighted by Crippen LogP contribution is 2.27. The largest absolute Gasteiger partial charge is 0.397 e. The maximum absolute atomic E-state index is 9.74. The van der Waals surface area contributed by atoms with Gasteiger partial charge >= 0.3 is 0 Å². The van der Waals surface area contributed by atoms with E-state index in [2.05, 4.69) is 4.98 Å². The molecule has 4 heteroatoms. The van der Waals surface area contributed by atoms with Crippen molar-refractivity contribution in [2.45, 2.75) is 5.60 Å². The second kappa shape index (κ2) is 2.43. The van der Waals surface area contributed by atoms with E-state index in [-0.39, 0.29) is 0 Å². The highest BCUT2D eigenvalue weighted by atomic mass is 16.5. The number of nitrogens with two attached hydrogens (primary N) is 1. The van der Waals surface area contributed by atoms with Gasteiger partial charge in [0.25, 0.3) is 0 Å². The van der Waals surface area contributed by atoms with Crippen molar-refractivity contribution in [1.82, 2.24) is 4.98 Å². The van der Waals surface area contributed by atoms with Gasteiger partial charge in [-0.25, -0.2) is 0 Å². The van der Waals surface area contributed by atoms with Crippen molar-refractivity contribution in [3.63, 3.8) is 0 Å². The minimum absolute atomic E-state index is 0.323. The van der Waals surface area contributed by atoms with Crippen molar-refractivity contribution < 1.29 is 9.84 Å². The lowest BCUT2D eigenvalue weighted by Crippen LogP contribution is -2.47. The zero-order valence-corrected chi connectivity index (χ0v) is 6.53. The van der Waals surface area contributed by atoms with Gasteiger partial charge in [0.05, 0.1) is 30.8 Å². The van der Waals surface area contributed by atoms with Crippen LogP contribution >= 0.6 is 0 Å². The van der Waals surface area contributed by atoms with Crippen molar-refractivity contribution in [3.8, 4) is 0 Å². The van der Waals surface area contributed by atoms with E-state index >= 15 is 0 Å². The van der Waals surface area contributed by atoms with Gasteiger partial charge < -0.3 is 15.6 Å². The molecular formula is C8H10N2O2. The van der Waals surface area contributed by atoms with E-state index in [1.165, 1.54) is 6.20 Å². The van der Waals surface area contributed by atoms with Crippen LogP contribution in [0.25, 0.3) is 0 Å². The van der Waals surface area contributed by atoms with Crippen LogP contribution in [0.15, 0.2) is 18.3 Å². The van der Waals surface area contributed by atoms with Gasteiger partial charge in [-0.15, -0.1) is 0 Å². The summed E-state index contributed by atoms with van der Waals surface area (Å²) in [5.74, 6) is 0. The maximum atomic E-state index is 9.74. The van der Waals surface area contributed by atoms with Gasteiger partial charge in [-0.1, -0.05) is 0 Å². The molecule has 0 amide bonds. The molecule has 1 aromatic heterocycles. The summed E-state index contributed by atoms with van der Waals surface area (Å²) in [5.41, 5.74) is 5.80. The SMILES string of the molecule is Nc1ccc(C2(O)COC2)nc1. The molecule has 0 radical (unpaired) electrons. The lowest BCUT2D eigenvalue weighted by molar-refractivity contribution is -0.186. The molecule has 0 unspecified atom stereocenters. The Bertz CT molecular complexity index is 280. The predicted molar refractivity (Wildman–Crippen MR) is 43.4 cm³/mol. The van der Waals surface area contributed by atoms with Crippen LogP contribution in [0, 0.1) is 0 Å². The number of anilines is 1. The number of rotatable bonds is 1. The number of nitrogen functional groups attached to an aromatic ring is 1. The number of aliphatic hydroxyl groups is 1. The first-order valence-electron chi connectivity index (χ1n) is 3.73. The number of hydrogen-bond donors (Lipinski definition) is 2. The number of pyridine rings is 1. The first-order valence-corrected chi connectivity index (χ1v) is 3.73. The van der Waals surface area contributed by atoms with E-state index < -0.39 is 5.60 Å². The van der Waals surface area contributed by atoms with Crippen LogP contribution < -0.4 is 5.73 Å². The van der Waals surface area contributed by atoms with Crippen LogP contribution in [-0.4, -0.2) is 23.3 Å². The van der Waals surface area contributed by atoms with Gasteiger partial charge in [-0.05, 0) is 12.1 Å². The monoisotopic (exact) mass is 166 g/mol. The van der Waals surface area contributed by atoms with Gasteiger partial charge in [-0.2, -0.15) is 0 Å². The van der Waals surface area contributed by atoms with E-state index in [0.717, 1.165) is 0 Å². The Morgan fingerprint density at radius 3 is 2.67 bits per heavy atom. The fraction of sp³-hybridized carbons (Fsp3) is 0.375. The van der Waals surface area contributed by atoms with Crippen molar-refractivity contribution in [3.05, 3.63) is 24.0 Å². The second-order valence-electron chi connectivity index (χ2n) is 3.00. The Balaban J connectivity index is 2.28. The zero-order valence-electron chi connectivity index (χ0n) is 6.53. The summed E-state index contributed by atoms with van der Waals surface area (Å²) in [6, 6.07) is 3.44. The number of hydrogen-bond acceptors (Lipinski definition) is 4. The first kappa shape index (κ1) is 7.52. The third-order valence-electron chi connectivity index (χ3n) is 1.94. The van der Waals surface area contributed by atoms with Crippen LogP contribution in [0.4, 0.5) is 5.69 Å². The van der Waals surface area contributed by atoms with Gasteiger partial charge in [0.15, 0.2) is 5.60 Å². The molecule has 1 aliphatic heterocycles. The van der Waals surface area contributed by atoms with Crippen LogP contribution in [0.3, 0.4) is 0 Å². The van der Waals surface area contributed by atoms with E-state index in [1.807, 2.05) is 0 Å². The van der Waals surface area contributed by atoms with Crippen molar-refractivity contribution in [2.75, 3.05) is 18.9 Å². The van der Waals surface area contributed by atoms with E-state index in [1.54, 1.807) is 12.1 Å². The summed E-state index contributed by atoms with van der Waals surface area (Å²) in [6.07, 6.45) is 1.53. The fourth-order valence-electron chi connectivity index (χ4n) is 1.12. The van der Waals surface area contributed by atoms with E-state index in [9.17, 15) is 5.11 Å². The van der Waals surface area contributed by atoms with Crippen molar-refractivity contribution in [2.24, 2.45) is 0 Å². The smallest absolute Gasteiger partial charge is 0.153 e. The molecule has 0 bridgehead atoms. The van der Waals surface area contributed by atoms with E-state index in [0.29, 0.717) is 24.6 Å². The van der Waals surface area contributed by atoms with Gasteiger partial charge in [-0.3, -0.25) is 4.98 Å². The van der Waals surface area contributed by atoms with Crippen LogP contribution in [0.2, 0.25) is 0 Å². The standard InChI is InChI=1S/C8H10N2O2/c9-6-1-2-7(10-3-6)8(11)4-12-5-8/h1-3,11H,4-5,9H2. The molecule has 0 saturated carbocycles. The van der Waals surface area contributed by atoms with Gasteiger partial charge in [0, 0.05) is 0 Å². The molecule has 0 aliphatic carbocycles. The Hall–Kier alpha value is -1.13. The third-order valence-corrected chi connectivity index (χ3v) is 1.94. The van der Waals surface area contributed by atoms with E-state index in [4.69, 9.17) is 10.5 Å². The first-order chi connectivity index (χ1) is 5.71. The summed E-state index contributed by atoms with van der Waals surface area (Å²) in [7, 11) is 0. The summed E-state index contributed by atoms with van der Waals surface area (Å²) in [5, 5.41) is 9.74. The minimum atomic E-state index is -0.881. The minimum Gasteiger partial charge on any atom is -0.397 e. The maximum Gasteiger partial charge on any atom is 0.153 e. The Labute approximate surface area is 70.0 Å². The Morgan fingerprint density at radius 2 is 2.25 bits per heavy atom. The summed E-state index contributed by atoms with van der Waals surface area (Å²) in [6.45, 7) is 0.647. The third kappa shape index (κ3) is 1.05. The topological polar surface area (TPSA) is 68.4 Å². The second-order valence-corrected chi connectivity index (χ2v) is 3.00. The van der Waals surface area contributed by atoms with Crippen molar-refractivity contribution >= 4 is 5.69 Å². The summed E-state index contributed by atoms with van der Waals surface area (Å²) in [4.78, 5) is 4.02. The fourth-order valence-corrected chi connectivity index (χ4v) is 1.12. The molecular weight excluding hydrogens is 156 g/mol. The van der Waals surface area contributed by atoms with Gasteiger partial charge in [0.1, 0.15) is 0 Å². The Kier molecular flexibility index (Phi) is 1.52. The molecule has 12 heavy (non-hydrogen) atoms. The predicted octanol–water partition coefficient (Wildman–Crippen LogP) is -0.118. The molecule has 1 saturated heterocycles. The summed E-state index contributed by atoms with van der Waals surface area (Å²) >= 11 is 0. The molecule has 0 spiro atoms. The average Bonchev–Trinajstić information content (AvgIpc) is 2.02. The molecule has 1 aliphatic rings. The molecule has 2 heterocycles. The number of aromatic nitrogens is 1. The highest BCUT2D eigenvalue weighted by molar-refractivity contribution is 5.36. The zero-order chi connectivity index (χ0) is 8.60. The Morgan fingerprint density at radius 1 is 1.50 bits per heavy atom. The normalized spacial score (nSPS) is 20.1. The van der Waals surface area contributed by atoms with Crippen molar-refractivity contribution in [1.29, 1.82) is 0 Å². The molecule has 1 fully saturated rings. The van der Waals surface area contributed by atoms with Crippen LogP contribution in [0.5, 0.6) is 0 Å². The van der Waals surface area contributed by atoms with Crippen LogP contribution in [-0.2, 0) is 10.3 Å². The molecule has 3 N–H and O–H groups in total. The number of ether oxygens (including phenoxy) is 1.